The Morgan fingerprint density at radius 3 is 2.62 bits per heavy atom. The zero-order valence-electron chi connectivity index (χ0n) is 16.3. The van der Waals surface area contributed by atoms with Crippen LogP contribution in [0.1, 0.15) is 24.8 Å². The van der Waals surface area contributed by atoms with Crippen molar-refractivity contribution in [1.29, 1.82) is 0 Å². The van der Waals surface area contributed by atoms with E-state index in [1.54, 1.807) is 30.3 Å². The van der Waals surface area contributed by atoms with Crippen LogP contribution >= 0.6 is 11.6 Å². The number of nitrogens with one attached hydrogen (secondary N) is 1. The summed E-state index contributed by atoms with van der Waals surface area (Å²) in [6, 6.07) is 14.4. The van der Waals surface area contributed by atoms with Crippen molar-refractivity contribution in [2.24, 2.45) is 11.7 Å². The fraction of sp³-hybridized carbons (Fsp3) is 0.364. The number of hydrogen-bond donors (Lipinski definition) is 2. The molecule has 7 heteroatoms. The molecule has 29 heavy (non-hydrogen) atoms. The van der Waals surface area contributed by atoms with E-state index >= 15 is 0 Å². The second-order valence-electron chi connectivity index (χ2n) is 7.13. The number of nitrogens with two attached hydrogens (primary N) is 1. The molecule has 1 aliphatic rings. The van der Waals surface area contributed by atoms with E-state index in [0.29, 0.717) is 36.1 Å². The maximum Gasteiger partial charge on any atom is 0.262 e. The predicted octanol–water partition coefficient (Wildman–Crippen LogP) is 3.44. The van der Waals surface area contributed by atoms with Gasteiger partial charge in [-0.05, 0) is 61.7 Å². The van der Waals surface area contributed by atoms with Crippen LogP contribution in [-0.4, -0.2) is 36.4 Å². The molecule has 3 rings (SSSR count). The summed E-state index contributed by atoms with van der Waals surface area (Å²) >= 11 is 6.35. The first-order valence-electron chi connectivity index (χ1n) is 9.82. The Morgan fingerprint density at radius 1 is 1.17 bits per heavy atom. The first-order valence-corrected chi connectivity index (χ1v) is 10.2. The van der Waals surface area contributed by atoms with Gasteiger partial charge in [-0.25, -0.2) is 0 Å². The van der Waals surface area contributed by atoms with Gasteiger partial charge in [-0.3, -0.25) is 9.59 Å². The lowest BCUT2D eigenvalue weighted by Crippen LogP contribution is -2.33. The summed E-state index contributed by atoms with van der Waals surface area (Å²) in [5, 5.41) is 3.37. The molecule has 1 aliphatic carbocycles. The standard InChI is InChI=1S/C22H26ClN3O3/c23-20-10-9-18(25-21(27)15-29-19-5-2-1-3-6-19)13-17(20)14-26(12-4-11-24)22(28)16-7-8-16/h1-3,5-6,9-10,13,16H,4,7-8,11-12,14-15,24H2,(H,25,27). The van der Waals surface area contributed by atoms with E-state index in [4.69, 9.17) is 22.1 Å². The maximum atomic E-state index is 12.6. The van der Waals surface area contributed by atoms with Crippen molar-refractivity contribution >= 4 is 29.1 Å². The molecule has 0 aromatic heterocycles. The molecule has 0 spiro atoms. The van der Waals surface area contributed by atoms with Crippen molar-refractivity contribution in [3.05, 3.63) is 59.1 Å². The third kappa shape index (κ3) is 6.48. The van der Waals surface area contributed by atoms with Gasteiger partial charge < -0.3 is 20.7 Å². The minimum Gasteiger partial charge on any atom is -0.484 e. The summed E-state index contributed by atoms with van der Waals surface area (Å²) in [6.07, 6.45) is 2.63. The number of carbonyl (C=O) groups excluding carboxylic acids is 2. The highest BCUT2D eigenvalue weighted by molar-refractivity contribution is 6.31. The molecular formula is C22H26ClN3O3. The van der Waals surface area contributed by atoms with E-state index in [9.17, 15) is 9.59 Å². The van der Waals surface area contributed by atoms with Gasteiger partial charge in [0, 0.05) is 29.7 Å². The first-order chi connectivity index (χ1) is 14.1. The number of anilines is 1. The van der Waals surface area contributed by atoms with Crippen LogP contribution in [0, 0.1) is 5.92 Å². The van der Waals surface area contributed by atoms with Crippen LogP contribution < -0.4 is 15.8 Å². The summed E-state index contributed by atoms with van der Waals surface area (Å²) in [5.41, 5.74) is 7.02. The smallest absolute Gasteiger partial charge is 0.262 e. The largest absolute Gasteiger partial charge is 0.484 e. The summed E-state index contributed by atoms with van der Waals surface area (Å²) < 4.78 is 5.46. The fourth-order valence-corrected chi connectivity index (χ4v) is 3.16. The van der Waals surface area contributed by atoms with E-state index in [1.165, 1.54) is 0 Å². The third-order valence-electron chi connectivity index (χ3n) is 4.67. The van der Waals surface area contributed by atoms with Crippen LogP contribution in [0.15, 0.2) is 48.5 Å². The molecule has 0 aliphatic heterocycles. The monoisotopic (exact) mass is 415 g/mol. The number of benzene rings is 2. The van der Waals surface area contributed by atoms with Crippen molar-refractivity contribution < 1.29 is 14.3 Å². The van der Waals surface area contributed by atoms with Crippen molar-refractivity contribution in [1.82, 2.24) is 4.90 Å². The molecule has 0 heterocycles. The highest BCUT2D eigenvalue weighted by atomic mass is 35.5. The molecule has 2 aromatic carbocycles. The maximum absolute atomic E-state index is 12.6. The van der Waals surface area contributed by atoms with E-state index < -0.39 is 0 Å². The molecule has 6 nitrogen and oxygen atoms in total. The zero-order valence-corrected chi connectivity index (χ0v) is 17.0. The minimum absolute atomic E-state index is 0.0925. The molecule has 0 unspecified atom stereocenters. The number of halogens is 1. The van der Waals surface area contributed by atoms with Crippen LogP contribution in [0.5, 0.6) is 5.75 Å². The Hall–Kier alpha value is -2.57. The first kappa shape index (κ1) is 21.1. The van der Waals surface area contributed by atoms with E-state index in [-0.39, 0.29) is 24.3 Å². The summed E-state index contributed by atoms with van der Waals surface area (Å²) in [7, 11) is 0. The highest BCUT2D eigenvalue weighted by Gasteiger charge is 2.33. The topological polar surface area (TPSA) is 84.7 Å². The van der Waals surface area contributed by atoms with Gasteiger partial charge in [0.25, 0.3) is 5.91 Å². The number of hydrogen-bond acceptors (Lipinski definition) is 4. The van der Waals surface area contributed by atoms with Crippen molar-refractivity contribution in [2.75, 3.05) is 25.0 Å². The van der Waals surface area contributed by atoms with Gasteiger partial charge in [-0.2, -0.15) is 0 Å². The van der Waals surface area contributed by atoms with Gasteiger partial charge in [-0.15, -0.1) is 0 Å². The molecule has 154 valence electrons. The Morgan fingerprint density at radius 2 is 1.93 bits per heavy atom. The van der Waals surface area contributed by atoms with Crippen LogP contribution in [0.2, 0.25) is 5.02 Å². The third-order valence-corrected chi connectivity index (χ3v) is 5.04. The average Bonchev–Trinajstić information content (AvgIpc) is 3.57. The van der Waals surface area contributed by atoms with Crippen molar-refractivity contribution in [3.63, 3.8) is 0 Å². The van der Waals surface area contributed by atoms with E-state index in [1.807, 2.05) is 23.1 Å². The molecule has 1 fully saturated rings. The Labute approximate surface area is 176 Å². The van der Waals surface area contributed by atoms with Crippen molar-refractivity contribution in [2.45, 2.75) is 25.8 Å². The normalized spacial score (nSPS) is 13.0. The number of rotatable bonds is 10. The molecule has 3 N–H and O–H groups in total. The van der Waals surface area contributed by atoms with Crippen LogP contribution in [0.25, 0.3) is 0 Å². The second-order valence-corrected chi connectivity index (χ2v) is 7.54. The molecule has 0 saturated heterocycles. The number of para-hydroxylation sites is 1. The predicted molar refractivity (Wildman–Crippen MR) is 114 cm³/mol. The lowest BCUT2D eigenvalue weighted by molar-refractivity contribution is -0.133. The number of carbonyl (C=O) groups is 2. The molecule has 2 amide bonds. The number of ether oxygens (including phenoxy) is 1. The minimum atomic E-state index is -0.267. The zero-order chi connectivity index (χ0) is 20.6. The van der Waals surface area contributed by atoms with Crippen LogP contribution in [0.4, 0.5) is 5.69 Å². The Bertz CT molecular complexity index is 840. The van der Waals surface area contributed by atoms with Gasteiger partial charge in [0.05, 0.1) is 0 Å². The molecule has 1 saturated carbocycles. The molecular weight excluding hydrogens is 390 g/mol. The van der Waals surface area contributed by atoms with Crippen LogP contribution in [0.3, 0.4) is 0 Å². The van der Waals surface area contributed by atoms with Gasteiger partial charge in [0.1, 0.15) is 5.75 Å². The summed E-state index contributed by atoms with van der Waals surface area (Å²) in [4.78, 5) is 26.6. The summed E-state index contributed by atoms with van der Waals surface area (Å²) in [6.45, 7) is 1.44. The fourth-order valence-electron chi connectivity index (χ4n) is 2.98. The van der Waals surface area contributed by atoms with Gasteiger partial charge in [0.2, 0.25) is 5.91 Å². The highest BCUT2D eigenvalue weighted by Crippen LogP contribution is 2.32. The Kier molecular flexibility index (Phi) is 7.49. The van der Waals surface area contributed by atoms with Gasteiger partial charge >= 0.3 is 0 Å². The SMILES string of the molecule is NCCCN(Cc1cc(NC(=O)COc2ccccc2)ccc1Cl)C(=O)C1CC1. The molecule has 2 aromatic rings. The number of amides is 2. The van der Waals surface area contributed by atoms with Crippen molar-refractivity contribution in [3.8, 4) is 5.75 Å². The molecule has 0 atom stereocenters. The Balaban J connectivity index is 1.61. The quantitative estimate of drug-likeness (QED) is 0.622. The van der Waals surface area contributed by atoms with Gasteiger partial charge in [-0.1, -0.05) is 29.8 Å². The van der Waals surface area contributed by atoms with Gasteiger partial charge in [0.15, 0.2) is 6.61 Å². The van der Waals surface area contributed by atoms with Crippen LogP contribution in [-0.2, 0) is 16.1 Å². The average molecular weight is 416 g/mol. The molecule has 0 bridgehead atoms. The van der Waals surface area contributed by atoms with E-state index in [0.717, 1.165) is 24.8 Å². The lowest BCUT2D eigenvalue weighted by Gasteiger charge is -2.23. The second kappa shape index (κ2) is 10.3. The summed E-state index contributed by atoms with van der Waals surface area (Å²) in [5.74, 6) is 0.648. The molecule has 0 radical (unpaired) electrons. The van der Waals surface area contributed by atoms with E-state index in [2.05, 4.69) is 5.32 Å². The number of nitrogens with zero attached hydrogens (tertiary/aromatic N) is 1. The lowest BCUT2D eigenvalue weighted by atomic mass is 10.1.